The van der Waals surface area contributed by atoms with Crippen LogP contribution in [0.2, 0.25) is 0 Å². The molecule has 7 N–H and O–H groups in total. The largest absolute Gasteiger partial charge is 0.511 e. The molecule has 3 atom stereocenters. The van der Waals surface area contributed by atoms with E-state index in [1.165, 1.54) is 32.4 Å². The predicted molar refractivity (Wildman–Crippen MR) is 136 cm³/mol. The third-order valence-electron chi connectivity index (χ3n) is 9.27. The molecule has 0 bridgehead atoms. The first kappa shape index (κ1) is 26.2. The number of aliphatic hydroxyl groups is 3. The van der Waals surface area contributed by atoms with Gasteiger partial charge in [0.15, 0.2) is 11.4 Å². The van der Waals surface area contributed by atoms with E-state index in [1.54, 1.807) is 0 Å². The lowest BCUT2D eigenvalue weighted by atomic mass is 9.60. The molecule has 5 rings (SSSR count). The number of hydrogen-bond acceptors (Lipinski definition) is 9. The third-order valence-corrected chi connectivity index (χ3v) is 9.27. The van der Waals surface area contributed by atoms with Crippen LogP contribution >= 0.6 is 0 Å². The summed E-state index contributed by atoms with van der Waals surface area (Å²) in [6.07, 6.45) is 4.69. The van der Waals surface area contributed by atoms with E-state index in [9.17, 15) is 34.8 Å². The highest BCUT2D eigenvalue weighted by Gasteiger charge is 2.59. The zero-order valence-corrected chi connectivity index (χ0v) is 21.6. The molecule has 10 heteroatoms. The molecule has 0 radical (unpaired) electrons. The lowest BCUT2D eigenvalue weighted by Crippen LogP contribution is -2.57. The van der Waals surface area contributed by atoms with Crippen molar-refractivity contribution in [3.8, 4) is 11.5 Å². The smallest absolute Gasteiger partial charge is 0.255 e. The van der Waals surface area contributed by atoms with Gasteiger partial charge in [-0.2, -0.15) is 0 Å². The van der Waals surface area contributed by atoms with E-state index in [4.69, 9.17) is 10.5 Å². The second-order valence-electron chi connectivity index (χ2n) is 11.2. The van der Waals surface area contributed by atoms with Crippen LogP contribution in [0, 0.1) is 17.3 Å². The molecule has 0 aromatic heterocycles. The van der Waals surface area contributed by atoms with E-state index in [0.717, 1.165) is 13.0 Å². The van der Waals surface area contributed by atoms with E-state index in [1.807, 2.05) is 0 Å². The summed E-state index contributed by atoms with van der Waals surface area (Å²) in [7, 11) is 1.50. The number of phenols is 1. The molecule has 10 nitrogen and oxygen atoms in total. The average Bonchev–Trinajstić information content (AvgIpc) is 2.82. The Labute approximate surface area is 220 Å². The highest BCUT2D eigenvalue weighted by molar-refractivity contribution is 6.24. The van der Waals surface area contributed by atoms with Crippen molar-refractivity contribution in [3.63, 3.8) is 0 Å². The molecule has 0 saturated heterocycles. The van der Waals surface area contributed by atoms with Crippen molar-refractivity contribution in [1.82, 2.24) is 5.32 Å². The summed E-state index contributed by atoms with van der Waals surface area (Å²) in [5.41, 5.74) is 3.13. The number of methoxy groups -OCH3 is 1. The van der Waals surface area contributed by atoms with Gasteiger partial charge >= 0.3 is 0 Å². The number of Topliss-reactive ketones (excluding diaryl/α,β-unsaturated/α-hetero) is 2. The number of nitrogens with one attached hydrogen (secondary N) is 1. The Morgan fingerprint density at radius 2 is 1.92 bits per heavy atom. The SMILES string of the molecule is CCC1(CNCc2cc(O)c3c(c2OC)CC2C[C@H]4CC(O)=C(C(N)=O)C(=O)[C@@]4(O)C(O)=C2C3=O)CCC1. The molecule has 204 valence electrons. The van der Waals surface area contributed by atoms with Gasteiger partial charge in [0.1, 0.15) is 28.6 Å². The topological polar surface area (TPSA) is 179 Å². The van der Waals surface area contributed by atoms with Crippen LogP contribution in [0.25, 0.3) is 0 Å². The van der Waals surface area contributed by atoms with Crippen molar-refractivity contribution in [2.75, 3.05) is 13.7 Å². The monoisotopic (exact) mass is 526 g/mol. The van der Waals surface area contributed by atoms with Gasteiger partial charge in [-0.05, 0) is 49.5 Å². The van der Waals surface area contributed by atoms with Crippen LogP contribution in [0.15, 0.2) is 28.7 Å². The zero-order valence-electron chi connectivity index (χ0n) is 21.6. The van der Waals surface area contributed by atoms with Crippen LogP contribution < -0.4 is 15.8 Å². The quantitative estimate of drug-likeness (QED) is 0.291. The minimum absolute atomic E-state index is 0.0498. The van der Waals surface area contributed by atoms with Crippen molar-refractivity contribution >= 4 is 17.5 Å². The Kier molecular flexibility index (Phi) is 6.30. The molecule has 0 spiro atoms. The van der Waals surface area contributed by atoms with Gasteiger partial charge in [0.25, 0.3) is 5.91 Å². The molecule has 4 aliphatic rings. The molecule has 1 aromatic rings. The number of phenolic OH excluding ortho intramolecular Hbond substituents is 1. The number of fused-ring (bicyclic) bond motifs is 3. The normalized spacial score (nSPS) is 27.9. The maximum absolute atomic E-state index is 13.7. The number of hydrogen-bond donors (Lipinski definition) is 6. The van der Waals surface area contributed by atoms with Crippen LogP contribution in [0.4, 0.5) is 0 Å². The number of amides is 1. The number of allylic oxidation sites excluding steroid dienone is 2. The standard InChI is InChI=1S/C28H34N2O8/c1-3-27(5-4-6-27)12-30-11-14-9-17(31)20-16(23(14)38-2)8-13-7-15-10-18(32)21(26(29)36)25(35)28(15,37)24(34)19(13)22(20)33/h9,13,15,30-32,34,37H,3-8,10-12H2,1-2H3,(H2,29,36)/t13?,15-,28-/m0/s1. The highest BCUT2D eigenvalue weighted by atomic mass is 16.5. The van der Waals surface area contributed by atoms with Gasteiger partial charge in [-0.15, -0.1) is 0 Å². The van der Waals surface area contributed by atoms with Gasteiger partial charge in [-0.3, -0.25) is 14.4 Å². The number of ether oxygens (including phenoxy) is 1. The first-order chi connectivity index (χ1) is 18.0. The molecule has 0 heterocycles. The van der Waals surface area contributed by atoms with Crippen LogP contribution in [0.5, 0.6) is 11.5 Å². The number of nitrogens with two attached hydrogens (primary N) is 1. The summed E-state index contributed by atoms with van der Waals surface area (Å²) in [5, 5.41) is 47.2. The van der Waals surface area contributed by atoms with Gasteiger partial charge < -0.3 is 36.2 Å². The van der Waals surface area contributed by atoms with E-state index < -0.39 is 52.0 Å². The fourth-order valence-corrected chi connectivity index (χ4v) is 6.91. The minimum atomic E-state index is -2.57. The minimum Gasteiger partial charge on any atom is -0.511 e. The lowest BCUT2D eigenvalue weighted by molar-refractivity contribution is -0.144. The molecule has 1 aromatic carbocycles. The Hall–Kier alpha value is -3.37. The molecule has 0 aliphatic heterocycles. The number of benzene rings is 1. The van der Waals surface area contributed by atoms with Crippen molar-refractivity contribution < 1.29 is 39.5 Å². The molecule has 1 amide bonds. The second kappa shape index (κ2) is 9.13. The highest BCUT2D eigenvalue weighted by Crippen LogP contribution is 2.53. The summed E-state index contributed by atoms with van der Waals surface area (Å²) in [6, 6.07) is 1.47. The van der Waals surface area contributed by atoms with Gasteiger partial charge in [-0.1, -0.05) is 13.3 Å². The molecule has 1 fully saturated rings. The van der Waals surface area contributed by atoms with E-state index in [0.29, 0.717) is 28.8 Å². The lowest BCUT2D eigenvalue weighted by Gasteiger charge is -2.45. The second-order valence-corrected chi connectivity index (χ2v) is 11.2. The Bertz CT molecular complexity index is 1300. The number of carbonyl (C=O) groups is 3. The zero-order chi connectivity index (χ0) is 27.6. The van der Waals surface area contributed by atoms with E-state index >= 15 is 0 Å². The van der Waals surface area contributed by atoms with Crippen LogP contribution in [0.3, 0.4) is 0 Å². The van der Waals surface area contributed by atoms with Crippen LogP contribution in [0.1, 0.15) is 66.9 Å². The fraction of sp³-hybridized carbons (Fsp3) is 0.536. The van der Waals surface area contributed by atoms with E-state index in [-0.39, 0.29) is 36.1 Å². The number of ketones is 2. The summed E-state index contributed by atoms with van der Waals surface area (Å²) >= 11 is 0. The molecular formula is C28H34N2O8. The maximum atomic E-state index is 13.7. The molecule has 38 heavy (non-hydrogen) atoms. The Balaban J connectivity index is 1.52. The van der Waals surface area contributed by atoms with Gasteiger partial charge in [0, 0.05) is 42.1 Å². The molecular weight excluding hydrogens is 492 g/mol. The number of primary amides is 1. The number of aromatic hydroxyl groups is 1. The predicted octanol–water partition coefficient (Wildman–Crippen LogP) is 2.26. The Morgan fingerprint density at radius 1 is 1.21 bits per heavy atom. The number of rotatable bonds is 7. The van der Waals surface area contributed by atoms with Crippen molar-refractivity contribution in [1.29, 1.82) is 0 Å². The maximum Gasteiger partial charge on any atom is 0.255 e. The van der Waals surface area contributed by atoms with Gasteiger partial charge in [0.2, 0.25) is 5.78 Å². The van der Waals surface area contributed by atoms with Crippen molar-refractivity contribution in [2.45, 2.75) is 64.0 Å². The van der Waals surface area contributed by atoms with Gasteiger partial charge in [-0.25, -0.2) is 0 Å². The Morgan fingerprint density at radius 3 is 2.50 bits per heavy atom. The molecule has 1 saturated carbocycles. The molecule has 4 aliphatic carbocycles. The first-order valence-corrected chi connectivity index (χ1v) is 13.1. The number of carbonyl (C=O) groups excluding carboxylic acids is 3. The fourth-order valence-electron chi connectivity index (χ4n) is 6.91. The van der Waals surface area contributed by atoms with Crippen molar-refractivity contribution in [2.24, 2.45) is 23.0 Å². The summed E-state index contributed by atoms with van der Waals surface area (Å²) < 4.78 is 5.72. The molecule has 1 unspecified atom stereocenters. The van der Waals surface area contributed by atoms with E-state index in [2.05, 4.69) is 12.2 Å². The first-order valence-electron chi connectivity index (χ1n) is 13.1. The summed E-state index contributed by atoms with van der Waals surface area (Å²) in [5.74, 6) is -5.99. The number of aliphatic hydroxyl groups excluding tert-OH is 2. The third kappa shape index (κ3) is 3.65. The summed E-state index contributed by atoms with van der Waals surface area (Å²) in [6.45, 7) is 3.46. The average molecular weight is 527 g/mol. The summed E-state index contributed by atoms with van der Waals surface area (Å²) in [4.78, 5) is 38.5. The van der Waals surface area contributed by atoms with Gasteiger partial charge in [0.05, 0.1) is 12.7 Å². The van der Waals surface area contributed by atoms with Crippen molar-refractivity contribution in [3.05, 3.63) is 45.4 Å². The van der Waals surface area contributed by atoms with Crippen LogP contribution in [-0.2, 0) is 22.6 Å². The van der Waals surface area contributed by atoms with Crippen LogP contribution in [-0.4, -0.2) is 57.2 Å².